The molecule has 0 fully saturated rings. The van der Waals surface area contributed by atoms with Gasteiger partial charge in [0.05, 0.1) is 13.2 Å². The minimum Gasteiger partial charge on any atom is -0.383 e. The number of hydrogen-bond donors (Lipinski definition) is 2. The molecule has 0 saturated heterocycles. The average Bonchev–Trinajstić information content (AvgIpc) is 2.41. The number of anilines is 1. The van der Waals surface area contributed by atoms with Gasteiger partial charge < -0.3 is 20.7 Å². The molecule has 6 heteroatoms. The van der Waals surface area contributed by atoms with Crippen molar-refractivity contribution in [3.05, 3.63) is 23.4 Å². The Morgan fingerprint density at radius 2 is 2.24 bits per heavy atom. The summed E-state index contributed by atoms with van der Waals surface area (Å²) in [5.41, 5.74) is 7.46. The zero-order valence-corrected chi connectivity index (χ0v) is 13.3. The fourth-order valence-corrected chi connectivity index (χ4v) is 2.10. The van der Waals surface area contributed by atoms with Crippen LogP contribution >= 0.6 is 0 Å². The summed E-state index contributed by atoms with van der Waals surface area (Å²) in [6.45, 7) is 8.44. The molecule has 1 rings (SSSR count). The monoisotopic (exact) mass is 294 g/mol. The molecular formula is C15H26N4O2. The highest BCUT2D eigenvalue weighted by atomic mass is 16.5. The van der Waals surface area contributed by atoms with E-state index in [-0.39, 0.29) is 18.5 Å². The van der Waals surface area contributed by atoms with Gasteiger partial charge >= 0.3 is 0 Å². The van der Waals surface area contributed by atoms with Gasteiger partial charge in [-0.05, 0) is 38.0 Å². The van der Waals surface area contributed by atoms with E-state index >= 15 is 0 Å². The lowest BCUT2D eigenvalue weighted by molar-refractivity contribution is -0.116. The fraction of sp³-hybridized carbons (Fsp3) is 0.600. The highest BCUT2D eigenvalue weighted by molar-refractivity contribution is 5.79. The predicted octanol–water partition coefficient (Wildman–Crippen LogP) is 0.826. The molecular weight excluding hydrogens is 268 g/mol. The van der Waals surface area contributed by atoms with Gasteiger partial charge in [0.1, 0.15) is 5.82 Å². The van der Waals surface area contributed by atoms with E-state index < -0.39 is 0 Å². The van der Waals surface area contributed by atoms with Crippen LogP contribution in [0.4, 0.5) is 5.82 Å². The Morgan fingerprint density at radius 1 is 1.52 bits per heavy atom. The molecule has 0 spiro atoms. The van der Waals surface area contributed by atoms with Gasteiger partial charge in [0.25, 0.3) is 0 Å². The van der Waals surface area contributed by atoms with Crippen LogP contribution in [-0.2, 0) is 16.1 Å². The molecule has 1 amide bonds. The second kappa shape index (κ2) is 8.59. The lowest BCUT2D eigenvalue weighted by atomic mass is 10.1. The number of pyridine rings is 1. The maximum atomic E-state index is 11.2. The molecule has 0 saturated carbocycles. The number of amides is 1. The Hall–Kier alpha value is -1.66. The first kappa shape index (κ1) is 17.4. The van der Waals surface area contributed by atoms with Crippen molar-refractivity contribution in [3.63, 3.8) is 0 Å². The van der Waals surface area contributed by atoms with Crippen LogP contribution in [0.25, 0.3) is 0 Å². The zero-order chi connectivity index (χ0) is 15.8. The molecule has 0 aromatic carbocycles. The Balaban J connectivity index is 2.77. The Labute approximate surface area is 126 Å². The van der Waals surface area contributed by atoms with Gasteiger partial charge in [0, 0.05) is 32.4 Å². The number of carbonyl (C=O) groups is 1. The molecule has 0 aliphatic heterocycles. The van der Waals surface area contributed by atoms with Crippen LogP contribution in [0.2, 0.25) is 0 Å². The smallest absolute Gasteiger partial charge is 0.237 e. The number of ether oxygens (including phenoxy) is 1. The summed E-state index contributed by atoms with van der Waals surface area (Å²) in [6.07, 6.45) is 1.83. The molecule has 21 heavy (non-hydrogen) atoms. The summed E-state index contributed by atoms with van der Waals surface area (Å²) in [5.74, 6) is 0.458. The summed E-state index contributed by atoms with van der Waals surface area (Å²) in [7, 11) is 1.68. The summed E-state index contributed by atoms with van der Waals surface area (Å²) < 4.78 is 4.99. The molecule has 118 valence electrons. The molecule has 1 aromatic heterocycles. The van der Waals surface area contributed by atoms with Gasteiger partial charge in [0.2, 0.25) is 5.91 Å². The van der Waals surface area contributed by atoms with Crippen LogP contribution < -0.4 is 16.0 Å². The largest absolute Gasteiger partial charge is 0.383 e. The van der Waals surface area contributed by atoms with Crippen molar-refractivity contribution in [3.8, 4) is 0 Å². The van der Waals surface area contributed by atoms with Crippen molar-refractivity contribution in [2.24, 2.45) is 5.73 Å². The van der Waals surface area contributed by atoms with Crippen LogP contribution in [0.15, 0.2) is 12.3 Å². The number of hydrogen-bond acceptors (Lipinski definition) is 5. The van der Waals surface area contributed by atoms with Crippen LogP contribution in [0.3, 0.4) is 0 Å². The predicted molar refractivity (Wildman–Crippen MR) is 84.2 cm³/mol. The standard InChI is InChI=1S/C15H26N4O2/c1-11(2)19(10-14(16)20)15-12(3)7-13(9-18-15)8-17-5-6-21-4/h7,9,11,17H,5-6,8,10H2,1-4H3,(H2,16,20). The number of nitrogens with one attached hydrogen (secondary N) is 1. The summed E-state index contributed by atoms with van der Waals surface area (Å²) in [6, 6.07) is 2.24. The molecule has 1 heterocycles. The minimum atomic E-state index is -0.352. The Kier molecular flexibility index (Phi) is 7.11. The number of nitrogens with zero attached hydrogens (tertiary/aromatic N) is 2. The zero-order valence-electron chi connectivity index (χ0n) is 13.3. The van der Waals surface area contributed by atoms with E-state index in [0.717, 1.165) is 30.0 Å². The summed E-state index contributed by atoms with van der Waals surface area (Å²) >= 11 is 0. The Bertz CT molecular complexity index is 463. The second-order valence-electron chi connectivity index (χ2n) is 5.34. The van der Waals surface area contributed by atoms with E-state index in [1.165, 1.54) is 0 Å². The first-order valence-electron chi connectivity index (χ1n) is 7.15. The first-order chi connectivity index (χ1) is 9.95. The lowest BCUT2D eigenvalue weighted by Crippen LogP contribution is -2.39. The summed E-state index contributed by atoms with van der Waals surface area (Å²) in [4.78, 5) is 17.6. The lowest BCUT2D eigenvalue weighted by Gasteiger charge is -2.28. The third kappa shape index (κ3) is 5.69. The second-order valence-corrected chi connectivity index (χ2v) is 5.34. The SMILES string of the molecule is COCCNCc1cnc(N(CC(N)=O)C(C)C)c(C)c1. The quantitative estimate of drug-likeness (QED) is 0.659. The van der Waals surface area contributed by atoms with Crippen molar-refractivity contribution in [1.29, 1.82) is 0 Å². The van der Waals surface area contributed by atoms with E-state index in [0.29, 0.717) is 6.61 Å². The maximum absolute atomic E-state index is 11.2. The number of primary amides is 1. The maximum Gasteiger partial charge on any atom is 0.237 e. The molecule has 3 N–H and O–H groups in total. The number of aryl methyl sites for hydroxylation is 1. The van der Waals surface area contributed by atoms with Crippen LogP contribution in [0, 0.1) is 6.92 Å². The number of aromatic nitrogens is 1. The van der Waals surface area contributed by atoms with Gasteiger partial charge in [-0.2, -0.15) is 0 Å². The molecule has 0 aliphatic carbocycles. The fourth-order valence-electron chi connectivity index (χ4n) is 2.10. The molecule has 0 radical (unpaired) electrons. The van der Waals surface area contributed by atoms with E-state index in [4.69, 9.17) is 10.5 Å². The highest BCUT2D eigenvalue weighted by Gasteiger charge is 2.16. The van der Waals surface area contributed by atoms with E-state index in [1.54, 1.807) is 7.11 Å². The van der Waals surface area contributed by atoms with E-state index in [1.807, 2.05) is 31.9 Å². The van der Waals surface area contributed by atoms with Crippen molar-refractivity contribution >= 4 is 11.7 Å². The van der Waals surface area contributed by atoms with Gasteiger partial charge in [-0.15, -0.1) is 0 Å². The molecule has 6 nitrogen and oxygen atoms in total. The Morgan fingerprint density at radius 3 is 2.76 bits per heavy atom. The average molecular weight is 294 g/mol. The van der Waals surface area contributed by atoms with Crippen molar-refractivity contribution in [2.45, 2.75) is 33.4 Å². The van der Waals surface area contributed by atoms with E-state index in [2.05, 4.69) is 16.4 Å². The van der Waals surface area contributed by atoms with E-state index in [9.17, 15) is 4.79 Å². The van der Waals surface area contributed by atoms with Crippen molar-refractivity contribution in [1.82, 2.24) is 10.3 Å². The normalized spacial score (nSPS) is 10.9. The van der Waals surface area contributed by atoms with Gasteiger partial charge in [0.15, 0.2) is 0 Å². The molecule has 0 unspecified atom stereocenters. The number of rotatable bonds is 9. The third-order valence-electron chi connectivity index (χ3n) is 3.14. The summed E-state index contributed by atoms with van der Waals surface area (Å²) in [5, 5.41) is 3.28. The van der Waals surface area contributed by atoms with Crippen LogP contribution in [0.1, 0.15) is 25.0 Å². The number of methoxy groups -OCH3 is 1. The topological polar surface area (TPSA) is 80.5 Å². The van der Waals surface area contributed by atoms with Crippen LogP contribution in [-0.4, -0.2) is 43.7 Å². The first-order valence-corrected chi connectivity index (χ1v) is 7.15. The van der Waals surface area contributed by atoms with Crippen LogP contribution in [0.5, 0.6) is 0 Å². The minimum absolute atomic E-state index is 0.161. The molecule has 0 atom stereocenters. The van der Waals surface area contributed by atoms with Gasteiger partial charge in [-0.25, -0.2) is 4.98 Å². The van der Waals surface area contributed by atoms with Crippen molar-refractivity contribution in [2.75, 3.05) is 31.7 Å². The third-order valence-corrected chi connectivity index (χ3v) is 3.14. The van der Waals surface area contributed by atoms with Crippen molar-refractivity contribution < 1.29 is 9.53 Å². The molecule has 1 aromatic rings. The molecule has 0 bridgehead atoms. The van der Waals surface area contributed by atoms with Gasteiger partial charge in [-0.1, -0.05) is 0 Å². The number of nitrogens with two attached hydrogens (primary N) is 1. The number of carbonyl (C=O) groups excluding carboxylic acids is 1. The molecule has 0 aliphatic rings. The van der Waals surface area contributed by atoms with Gasteiger partial charge in [-0.3, -0.25) is 4.79 Å². The highest BCUT2D eigenvalue weighted by Crippen LogP contribution is 2.20.